The van der Waals surface area contributed by atoms with Crippen LogP contribution in [0.25, 0.3) is 0 Å². The van der Waals surface area contributed by atoms with Crippen LogP contribution in [-0.4, -0.2) is 33.6 Å². The van der Waals surface area contributed by atoms with E-state index in [0.29, 0.717) is 0 Å². The first-order chi connectivity index (χ1) is 8.86. The van der Waals surface area contributed by atoms with Crippen molar-refractivity contribution in [3.8, 4) is 6.07 Å². The van der Waals surface area contributed by atoms with Crippen LogP contribution in [0, 0.1) is 21.4 Å². The number of pyridine rings is 1. The van der Waals surface area contributed by atoms with E-state index in [1.54, 1.807) is 19.9 Å². The van der Waals surface area contributed by atoms with Gasteiger partial charge >= 0.3 is 11.7 Å². The lowest BCUT2D eigenvalue weighted by molar-refractivity contribution is -0.385. The first-order valence-electron chi connectivity index (χ1n) is 5.40. The monoisotopic (exact) mass is 264 g/mol. The first-order valence-corrected chi connectivity index (χ1v) is 5.40. The molecule has 0 fully saturated rings. The maximum Gasteiger partial charge on any atom is 0.323 e. The van der Waals surface area contributed by atoms with Gasteiger partial charge in [-0.15, -0.1) is 0 Å². The summed E-state index contributed by atoms with van der Waals surface area (Å²) in [6.07, 6.45) is 0. The number of hydrogen-bond acceptors (Lipinski definition) is 6. The quantitative estimate of drug-likeness (QED) is 0.625. The van der Waals surface area contributed by atoms with E-state index in [0.717, 1.165) is 6.07 Å². The number of anilines is 1. The van der Waals surface area contributed by atoms with Crippen molar-refractivity contribution in [3.63, 3.8) is 0 Å². The van der Waals surface area contributed by atoms with Gasteiger partial charge in [0.1, 0.15) is 18.4 Å². The summed E-state index contributed by atoms with van der Waals surface area (Å²) in [5.41, 5.74) is -0.733. The minimum atomic E-state index is -1.05. The zero-order valence-corrected chi connectivity index (χ0v) is 10.4. The molecule has 1 N–H and O–H groups in total. The molecule has 0 aromatic carbocycles. The van der Waals surface area contributed by atoms with Gasteiger partial charge in [-0.05, 0) is 19.9 Å². The maximum absolute atomic E-state index is 10.8. The third-order valence-corrected chi connectivity index (χ3v) is 2.39. The largest absolute Gasteiger partial charge is 0.480 e. The lowest BCUT2D eigenvalue weighted by atomic mass is 10.2. The highest BCUT2D eigenvalue weighted by molar-refractivity contribution is 5.73. The Morgan fingerprint density at radius 1 is 1.63 bits per heavy atom. The number of rotatable bonds is 5. The second-order valence-corrected chi connectivity index (χ2v) is 4.02. The van der Waals surface area contributed by atoms with Crippen molar-refractivity contribution in [1.82, 2.24) is 4.98 Å². The van der Waals surface area contributed by atoms with E-state index >= 15 is 0 Å². The van der Waals surface area contributed by atoms with Gasteiger partial charge in [-0.25, -0.2) is 4.98 Å². The number of hydrogen-bond donors (Lipinski definition) is 1. The van der Waals surface area contributed by atoms with Crippen molar-refractivity contribution in [2.45, 2.75) is 19.9 Å². The van der Waals surface area contributed by atoms with Crippen LogP contribution in [0.5, 0.6) is 0 Å². The molecule has 100 valence electrons. The molecule has 0 atom stereocenters. The Balaban J connectivity index is 3.23. The number of carboxylic acids is 1. The molecule has 1 aromatic rings. The van der Waals surface area contributed by atoms with Crippen LogP contribution in [-0.2, 0) is 4.79 Å². The van der Waals surface area contributed by atoms with Crippen molar-refractivity contribution < 1.29 is 14.8 Å². The number of carbonyl (C=O) groups is 1. The summed E-state index contributed by atoms with van der Waals surface area (Å²) in [4.78, 5) is 26.0. The molecular weight excluding hydrogens is 252 g/mol. The van der Waals surface area contributed by atoms with Crippen molar-refractivity contribution in [1.29, 1.82) is 5.26 Å². The smallest absolute Gasteiger partial charge is 0.323 e. The standard InChI is InChI=1S/C11H12N4O4/c1-7(2)14(6-11(16)17)10-4-3-9(15(18)19)8(5-12)13-10/h3-4,7H,6H2,1-2H3,(H,16,17). The van der Waals surface area contributed by atoms with E-state index in [1.165, 1.54) is 11.0 Å². The predicted octanol–water partition coefficient (Wildman–Crippen LogP) is 1.16. The van der Waals surface area contributed by atoms with Gasteiger partial charge in [0.25, 0.3) is 0 Å². The summed E-state index contributed by atoms with van der Waals surface area (Å²) >= 11 is 0. The predicted molar refractivity (Wildman–Crippen MR) is 65.7 cm³/mol. The molecule has 0 aliphatic carbocycles. The van der Waals surface area contributed by atoms with E-state index in [9.17, 15) is 14.9 Å². The molecule has 0 amide bonds. The molecule has 0 saturated heterocycles. The van der Waals surface area contributed by atoms with Crippen LogP contribution >= 0.6 is 0 Å². The molecule has 8 nitrogen and oxygen atoms in total. The van der Waals surface area contributed by atoms with Gasteiger partial charge in [0.2, 0.25) is 5.69 Å². The number of carboxylic acid groups (broad SMARTS) is 1. The zero-order chi connectivity index (χ0) is 14.6. The Labute approximate surface area is 109 Å². The molecule has 0 unspecified atom stereocenters. The van der Waals surface area contributed by atoms with Crippen LogP contribution in [0.1, 0.15) is 19.5 Å². The van der Waals surface area contributed by atoms with Gasteiger partial charge in [-0.2, -0.15) is 5.26 Å². The zero-order valence-electron chi connectivity index (χ0n) is 10.4. The van der Waals surface area contributed by atoms with Gasteiger partial charge in [0, 0.05) is 12.1 Å². The van der Waals surface area contributed by atoms with Crippen molar-refractivity contribution >= 4 is 17.5 Å². The Bertz CT molecular complexity index is 550. The number of nitrogens with zero attached hydrogens (tertiary/aromatic N) is 4. The second kappa shape index (κ2) is 5.77. The van der Waals surface area contributed by atoms with Gasteiger partial charge in [-0.3, -0.25) is 14.9 Å². The summed E-state index contributed by atoms with van der Waals surface area (Å²) in [7, 11) is 0. The van der Waals surface area contributed by atoms with E-state index < -0.39 is 16.6 Å². The molecule has 0 bridgehead atoms. The number of aliphatic carboxylic acids is 1. The third kappa shape index (κ3) is 3.38. The van der Waals surface area contributed by atoms with E-state index in [2.05, 4.69) is 4.98 Å². The normalized spacial score (nSPS) is 10.0. The third-order valence-electron chi connectivity index (χ3n) is 2.39. The van der Waals surface area contributed by atoms with Gasteiger partial charge in [-0.1, -0.05) is 0 Å². The van der Waals surface area contributed by atoms with Crippen molar-refractivity contribution in [3.05, 3.63) is 27.9 Å². The molecule has 0 spiro atoms. The van der Waals surface area contributed by atoms with Crippen LogP contribution in [0.2, 0.25) is 0 Å². The summed E-state index contributed by atoms with van der Waals surface area (Å²) in [5, 5.41) is 28.3. The van der Waals surface area contributed by atoms with E-state index in [4.69, 9.17) is 10.4 Å². The molecule has 0 saturated carbocycles. The average molecular weight is 264 g/mol. The first kappa shape index (κ1) is 14.4. The Morgan fingerprint density at radius 3 is 2.68 bits per heavy atom. The molecule has 0 aliphatic heterocycles. The number of aromatic nitrogens is 1. The minimum absolute atomic E-state index is 0.170. The van der Waals surface area contributed by atoms with Crippen molar-refractivity contribution in [2.75, 3.05) is 11.4 Å². The van der Waals surface area contributed by atoms with Gasteiger partial charge < -0.3 is 10.0 Å². The van der Waals surface area contributed by atoms with Crippen LogP contribution < -0.4 is 4.90 Å². The SMILES string of the molecule is CC(C)N(CC(=O)O)c1ccc([N+](=O)[O-])c(C#N)n1. The second-order valence-electron chi connectivity index (χ2n) is 4.02. The molecule has 8 heteroatoms. The minimum Gasteiger partial charge on any atom is -0.480 e. The maximum atomic E-state index is 10.8. The number of nitriles is 1. The fourth-order valence-corrected chi connectivity index (χ4v) is 1.50. The van der Waals surface area contributed by atoms with E-state index in [1.807, 2.05) is 0 Å². The van der Waals surface area contributed by atoms with Crippen LogP contribution in [0.3, 0.4) is 0 Å². The Morgan fingerprint density at radius 2 is 2.26 bits per heavy atom. The molecule has 19 heavy (non-hydrogen) atoms. The molecule has 0 aliphatic rings. The van der Waals surface area contributed by atoms with Gasteiger partial charge in [0.15, 0.2) is 0 Å². The topological polar surface area (TPSA) is 120 Å². The number of nitro groups is 1. The molecular formula is C11H12N4O4. The highest BCUT2D eigenvalue weighted by Gasteiger charge is 2.20. The summed E-state index contributed by atoms with van der Waals surface area (Å²) in [6, 6.07) is 3.95. The van der Waals surface area contributed by atoms with Crippen molar-refractivity contribution in [2.24, 2.45) is 0 Å². The Hall–Kier alpha value is -2.69. The summed E-state index contributed by atoms with van der Waals surface area (Å²) < 4.78 is 0. The molecule has 1 aromatic heterocycles. The van der Waals surface area contributed by atoms with Crippen LogP contribution in [0.15, 0.2) is 12.1 Å². The fraction of sp³-hybridized carbons (Fsp3) is 0.364. The lowest BCUT2D eigenvalue weighted by Crippen LogP contribution is -2.36. The molecule has 0 radical (unpaired) electrons. The molecule has 1 heterocycles. The Kier molecular flexibility index (Phi) is 4.36. The molecule has 1 rings (SSSR count). The summed E-state index contributed by atoms with van der Waals surface area (Å²) in [5.74, 6) is -0.827. The van der Waals surface area contributed by atoms with Gasteiger partial charge in [0.05, 0.1) is 4.92 Å². The fourth-order valence-electron chi connectivity index (χ4n) is 1.50. The van der Waals surface area contributed by atoms with E-state index in [-0.39, 0.29) is 24.1 Å². The van der Waals surface area contributed by atoms with Crippen LogP contribution in [0.4, 0.5) is 11.5 Å². The highest BCUT2D eigenvalue weighted by atomic mass is 16.6. The summed E-state index contributed by atoms with van der Waals surface area (Å²) in [6.45, 7) is 3.23. The highest BCUT2D eigenvalue weighted by Crippen LogP contribution is 2.21. The lowest BCUT2D eigenvalue weighted by Gasteiger charge is -2.25. The average Bonchev–Trinajstić information content (AvgIpc) is 2.34.